The predicted octanol–water partition coefficient (Wildman–Crippen LogP) is 1.09. The summed E-state index contributed by atoms with van der Waals surface area (Å²) in [6.07, 6.45) is 0.898. The van der Waals surface area contributed by atoms with Crippen molar-refractivity contribution in [2.45, 2.75) is 13.3 Å². The van der Waals surface area contributed by atoms with Gasteiger partial charge >= 0.3 is 0 Å². The number of fused-ring (bicyclic) bond motifs is 1. The van der Waals surface area contributed by atoms with Crippen molar-refractivity contribution < 1.29 is 14.2 Å². The van der Waals surface area contributed by atoms with Crippen molar-refractivity contribution in [3.63, 3.8) is 0 Å². The van der Waals surface area contributed by atoms with Crippen molar-refractivity contribution >= 4 is 5.96 Å². The summed E-state index contributed by atoms with van der Waals surface area (Å²) in [6, 6.07) is 6.08. The Morgan fingerprint density at radius 2 is 2.08 bits per heavy atom. The molecule has 25 heavy (non-hydrogen) atoms. The lowest BCUT2D eigenvalue weighted by atomic mass is 10.1. The summed E-state index contributed by atoms with van der Waals surface area (Å²) < 4.78 is 15.8. The van der Waals surface area contributed by atoms with Crippen LogP contribution in [0.25, 0.3) is 0 Å². The molecule has 2 N–H and O–H groups in total. The lowest BCUT2D eigenvalue weighted by Gasteiger charge is -2.15. The monoisotopic (exact) mass is 350 g/mol. The third kappa shape index (κ3) is 6.80. The van der Waals surface area contributed by atoms with Crippen molar-refractivity contribution in [1.29, 1.82) is 0 Å². The molecule has 2 rings (SSSR count). The number of nitrogens with zero attached hydrogens (tertiary/aromatic N) is 2. The third-order valence-electron chi connectivity index (χ3n) is 3.92. The average molecular weight is 350 g/mol. The number of guanidine groups is 1. The minimum absolute atomic E-state index is 0.313. The summed E-state index contributed by atoms with van der Waals surface area (Å²) >= 11 is 0. The van der Waals surface area contributed by atoms with E-state index in [1.54, 1.807) is 7.11 Å². The van der Waals surface area contributed by atoms with E-state index in [0.29, 0.717) is 6.79 Å². The van der Waals surface area contributed by atoms with Gasteiger partial charge in [0.15, 0.2) is 17.5 Å². The van der Waals surface area contributed by atoms with E-state index in [2.05, 4.69) is 40.6 Å². The van der Waals surface area contributed by atoms with Gasteiger partial charge < -0.3 is 29.7 Å². The molecule has 0 fully saturated rings. The molecule has 0 saturated carbocycles. The van der Waals surface area contributed by atoms with Gasteiger partial charge in [-0.1, -0.05) is 6.07 Å². The molecule has 0 amide bonds. The van der Waals surface area contributed by atoms with Gasteiger partial charge in [-0.15, -0.1) is 0 Å². The number of ether oxygens (including phenoxy) is 3. The molecule has 0 aromatic heterocycles. The van der Waals surface area contributed by atoms with Crippen LogP contribution in [0.2, 0.25) is 0 Å². The van der Waals surface area contributed by atoms with Crippen LogP contribution in [0.3, 0.4) is 0 Å². The lowest BCUT2D eigenvalue weighted by molar-refractivity contribution is 0.163. The highest BCUT2D eigenvalue weighted by Gasteiger charge is 2.12. The largest absolute Gasteiger partial charge is 0.454 e. The smallest absolute Gasteiger partial charge is 0.231 e. The lowest BCUT2D eigenvalue weighted by Crippen LogP contribution is -2.39. The maximum Gasteiger partial charge on any atom is 0.231 e. The molecule has 140 valence electrons. The Hall–Kier alpha value is -1.99. The first-order valence-electron chi connectivity index (χ1n) is 8.81. The van der Waals surface area contributed by atoms with Crippen LogP contribution in [-0.4, -0.2) is 71.1 Å². The second-order valence-corrected chi connectivity index (χ2v) is 5.92. The first kappa shape index (κ1) is 19.3. The Labute approximate surface area is 150 Å². The number of nitrogens with one attached hydrogen (secondary N) is 2. The normalized spacial score (nSPS) is 13.4. The molecule has 1 heterocycles. The molecule has 1 aliphatic rings. The Morgan fingerprint density at radius 3 is 2.88 bits per heavy atom. The maximum absolute atomic E-state index is 5.42. The van der Waals surface area contributed by atoms with Crippen LogP contribution in [0.4, 0.5) is 0 Å². The van der Waals surface area contributed by atoms with E-state index in [1.165, 1.54) is 5.56 Å². The first-order valence-corrected chi connectivity index (χ1v) is 8.81. The van der Waals surface area contributed by atoms with Gasteiger partial charge in [-0.05, 0) is 38.1 Å². The molecule has 7 heteroatoms. The van der Waals surface area contributed by atoms with E-state index in [4.69, 9.17) is 14.2 Å². The van der Waals surface area contributed by atoms with Crippen LogP contribution >= 0.6 is 0 Å². The van der Waals surface area contributed by atoms with Gasteiger partial charge in [0.1, 0.15) is 0 Å². The fourth-order valence-electron chi connectivity index (χ4n) is 2.45. The van der Waals surface area contributed by atoms with Gasteiger partial charge in [-0.25, -0.2) is 0 Å². The van der Waals surface area contributed by atoms with E-state index < -0.39 is 0 Å². The molecule has 0 spiro atoms. The summed E-state index contributed by atoms with van der Waals surface area (Å²) in [7, 11) is 3.80. The first-order chi connectivity index (χ1) is 12.2. The standard InChI is InChI=1S/C18H30N4O3/c1-4-19-18(21-9-10-22(2)11-12-23-3)20-8-7-15-5-6-16-17(13-15)25-14-24-16/h5-6,13H,4,7-12,14H2,1-3H3,(H2,19,20,21). The number of methoxy groups -OCH3 is 1. The summed E-state index contributed by atoms with van der Waals surface area (Å²) in [4.78, 5) is 6.83. The van der Waals surface area contributed by atoms with Crippen LogP contribution in [-0.2, 0) is 11.2 Å². The van der Waals surface area contributed by atoms with Gasteiger partial charge in [-0.2, -0.15) is 0 Å². The Bertz CT molecular complexity index is 551. The highest BCUT2D eigenvalue weighted by molar-refractivity contribution is 5.79. The zero-order valence-corrected chi connectivity index (χ0v) is 15.5. The Morgan fingerprint density at radius 1 is 1.24 bits per heavy atom. The molecule has 1 aliphatic heterocycles. The van der Waals surface area contributed by atoms with E-state index in [1.807, 2.05) is 12.1 Å². The zero-order chi connectivity index (χ0) is 17.9. The quantitative estimate of drug-likeness (QED) is 0.486. The van der Waals surface area contributed by atoms with Crippen molar-refractivity contribution in [1.82, 2.24) is 15.5 Å². The molecule has 0 radical (unpaired) electrons. The van der Waals surface area contributed by atoms with Crippen LogP contribution < -0.4 is 20.1 Å². The molecule has 0 atom stereocenters. The van der Waals surface area contributed by atoms with E-state index in [9.17, 15) is 0 Å². The number of hydrogen-bond donors (Lipinski definition) is 2. The van der Waals surface area contributed by atoms with Gasteiger partial charge in [0, 0.05) is 33.3 Å². The second kappa shape index (κ2) is 10.8. The summed E-state index contributed by atoms with van der Waals surface area (Å²) in [5.74, 6) is 2.50. The summed E-state index contributed by atoms with van der Waals surface area (Å²) in [6.45, 7) is 7.35. The van der Waals surface area contributed by atoms with Crippen LogP contribution in [0.15, 0.2) is 23.2 Å². The van der Waals surface area contributed by atoms with Crippen LogP contribution in [0, 0.1) is 0 Å². The topological polar surface area (TPSA) is 67.4 Å². The molecule has 0 aliphatic carbocycles. The van der Waals surface area contributed by atoms with Gasteiger partial charge in [0.2, 0.25) is 6.79 Å². The highest BCUT2D eigenvalue weighted by atomic mass is 16.7. The molecule has 0 bridgehead atoms. The number of likely N-dealkylation sites (N-methyl/N-ethyl adjacent to an activating group) is 1. The molecule has 1 aromatic carbocycles. The van der Waals surface area contributed by atoms with E-state index in [-0.39, 0.29) is 0 Å². The molecule has 0 saturated heterocycles. The van der Waals surface area contributed by atoms with Gasteiger partial charge in [0.05, 0.1) is 13.2 Å². The molecule has 0 unspecified atom stereocenters. The Kier molecular flexibility index (Phi) is 8.34. The third-order valence-corrected chi connectivity index (χ3v) is 3.92. The fraction of sp³-hybridized carbons (Fsp3) is 0.611. The predicted molar refractivity (Wildman–Crippen MR) is 99.6 cm³/mol. The van der Waals surface area contributed by atoms with Crippen LogP contribution in [0.1, 0.15) is 12.5 Å². The van der Waals surface area contributed by atoms with Crippen molar-refractivity contribution in [2.75, 3.05) is 60.3 Å². The second-order valence-electron chi connectivity index (χ2n) is 5.92. The minimum atomic E-state index is 0.313. The zero-order valence-electron chi connectivity index (χ0n) is 15.5. The highest BCUT2D eigenvalue weighted by Crippen LogP contribution is 2.32. The minimum Gasteiger partial charge on any atom is -0.454 e. The Balaban J connectivity index is 1.74. The van der Waals surface area contributed by atoms with E-state index >= 15 is 0 Å². The molecule has 1 aromatic rings. The maximum atomic E-state index is 5.42. The number of benzene rings is 1. The summed E-state index contributed by atoms with van der Waals surface area (Å²) in [5.41, 5.74) is 1.21. The number of hydrogen-bond acceptors (Lipinski definition) is 5. The molecule has 7 nitrogen and oxygen atoms in total. The molecular weight excluding hydrogens is 320 g/mol. The molecular formula is C18H30N4O3. The average Bonchev–Trinajstić information content (AvgIpc) is 3.07. The van der Waals surface area contributed by atoms with Crippen molar-refractivity contribution in [3.8, 4) is 11.5 Å². The van der Waals surface area contributed by atoms with Crippen molar-refractivity contribution in [3.05, 3.63) is 23.8 Å². The van der Waals surface area contributed by atoms with Gasteiger partial charge in [0.25, 0.3) is 0 Å². The van der Waals surface area contributed by atoms with E-state index in [0.717, 1.165) is 63.2 Å². The summed E-state index contributed by atoms with van der Waals surface area (Å²) in [5, 5.41) is 6.66. The number of aliphatic imine (C=N–C) groups is 1. The van der Waals surface area contributed by atoms with Crippen molar-refractivity contribution in [2.24, 2.45) is 4.99 Å². The van der Waals surface area contributed by atoms with Gasteiger partial charge in [-0.3, -0.25) is 4.99 Å². The SMILES string of the molecule is CCNC(=NCCN(C)CCOC)NCCc1ccc2c(c1)OCO2. The number of rotatable bonds is 10. The fourth-order valence-corrected chi connectivity index (χ4v) is 2.45. The van der Waals surface area contributed by atoms with Crippen LogP contribution in [0.5, 0.6) is 11.5 Å².